The molecule has 0 saturated carbocycles. The highest BCUT2D eigenvalue weighted by Crippen LogP contribution is 2.30. The highest BCUT2D eigenvalue weighted by Gasteiger charge is 2.22. The fraction of sp³-hybridized carbons (Fsp3) is 0.304. The van der Waals surface area contributed by atoms with Gasteiger partial charge in [-0.1, -0.05) is 17.3 Å². The highest BCUT2D eigenvalue weighted by molar-refractivity contribution is 5.81. The van der Waals surface area contributed by atoms with Crippen molar-refractivity contribution in [2.75, 3.05) is 19.7 Å². The molecule has 1 aliphatic rings. The van der Waals surface area contributed by atoms with Gasteiger partial charge < -0.3 is 18.8 Å². The summed E-state index contributed by atoms with van der Waals surface area (Å²) in [6.07, 6.45) is 6.11. The molecule has 4 heterocycles. The number of hydrogen-bond acceptors (Lipinski definition) is 6. The quantitative estimate of drug-likeness (QED) is 0.403. The molecule has 1 aromatic carbocycles. The van der Waals surface area contributed by atoms with Crippen LogP contribution in [0.5, 0.6) is 5.75 Å². The summed E-state index contributed by atoms with van der Waals surface area (Å²) in [5.74, 6) is 0.867. The van der Waals surface area contributed by atoms with E-state index in [9.17, 15) is 5.21 Å². The van der Waals surface area contributed by atoms with Gasteiger partial charge in [-0.2, -0.15) is 0 Å². The molecule has 1 N–H and O–H groups in total. The summed E-state index contributed by atoms with van der Waals surface area (Å²) < 4.78 is 14.3. The number of para-hydroxylation sites is 1. The number of hydrogen-bond donors (Lipinski definition) is 1. The lowest BCUT2D eigenvalue weighted by molar-refractivity contribution is 0.200. The van der Waals surface area contributed by atoms with E-state index in [-0.39, 0.29) is 0 Å². The third-order valence-corrected chi connectivity index (χ3v) is 5.84. The summed E-state index contributed by atoms with van der Waals surface area (Å²) in [5.41, 5.74) is 2.22. The molecule has 1 atom stereocenters. The van der Waals surface area contributed by atoms with E-state index in [0.29, 0.717) is 46.2 Å². The average molecular weight is 404 g/mol. The van der Waals surface area contributed by atoms with Gasteiger partial charge in [-0.25, -0.2) is 4.98 Å². The normalized spacial score (nSPS) is 17.9. The van der Waals surface area contributed by atoms with Crippen LogP contribution in [0, 0.1) is 0 Å². The minimum absolute atomic E-state index is 0.360. The van der Waals surface area contributed by atoms with Crippen LogP contribution >= 0.6 is 0 Å². The Morgan fingerprint density at radius 2 is 2.17 bits per heavy atom. The Morgan fingerprint density at radius 1 is 1.27 bits per heavy atom. The minimum atomic E-state index is 0.360. The van der Waals surface area contributed by atoms with Crippen molar-refractivity contribution in [3.05, 3.63) is 60.3 Å². The van der Waals surface area contributed by atoms with Gasteiger partial charge in [0.05, 0.1) is 11.7 Å². The van der Waals surface area contributed by atoms with Gasteiger partial charge in [0.25, 0.3) is 0 Å². The maximum absolute atomic E-state index is 9.85. The van der Waals surface area contributed by atoms with Crippen molar-refractivity contribution in [2.24, 2.45) is 5.16 Å². The van der Waals surface area contributed by atoms with Crippen LogP contribution in [0.15, 0.2) is 64.6 Å². The van der Waals surface area contributed by atoms with Crippen molar-refractivity contribution < 1.29 is 14.4 Å². The van der Waals surface area contributed by atoms with Crippen LogP contribution in [0.3, 0.4) is 0 Å². The second-order valence-electron chi connectivity index (χ2n) is 7.70. The third-order valence-electron chi connectivity index (χ3n) is 5.84. The molecule has 1 unspecified atom stereocenters. The van der Waals surface area contributed by atoms with Crippen molar-refractivity contribution in [3.63, 3.8) is 0 Å². The highest BCUT2D eigenvalue weighted by atomic mass is 16.5. The summed E-state index contributed by atoms with van der Waals surface area (Å²) in [6.45, 7) is 4.61. The monoisotopic (exact) mass is 404 g/mol. The average Bonchev–Trinajstić information content (AvgIpc) is 3.41. The van der Waals surface area contributed by atoms with Gasteiger partial charge in [0.15, 0.2) is 16.9 Å². The molecule has 0 radical (unpaired) electrons. The largest absolute Gasteiger partial charge is 0.486 e. The van der Waals surface area contributed by atoms with Crippen LogP contribution < -0.4 is 10.1 Å². The smallest absolute Gasteiger partial charge is 0.197 e. The number of ether oxygens (including phenoxy) is 1. The first-order valence-corrected chi connectivity index (χ1v) is 10.3. The van der Waals surface area contributed by atoms with E-state index in [2.05, 4.69) is 22.0 Å². The first kappa shape index (κ1) is 18.7. The zero-order chi connectivity index (χ0) is 20.5. The molecule has 30 heavy (non-hydrogen) atoms. The van der Waals surface area contributed by atoms with Gasteiger partial charge in [-0.05, 0) is 56.6 Å². The molecule has 0 amide bonds. The van der Waals surface area contributed by atoms with Crippen molar-refractivity contribution >= 4 is 16.5 Å². The van der Waals surface area contributed by atoms with E-state index in [0.717, 1.165) is 18.6 Å². The van der Waals surface area contributed by atoms with Crippen molar-refractivity contribution in [2.45, 2.75) is 25.8 Å². The lowest BCUT2D eigenvalue weighted by atomic mass is 10.1. The zero-order valence-corrected chi connectivity index (χ0v) is 16.9. The van der Waals surface area contributed by atoms with Gasteiger partial charge in [0.1, 0.15) is 17.9 Å². The lowest BCUT2D eigenvalue weighted by Crippen LogP contribution is -2.31. The van der Waals surface area contributed by atoms with E-state index < -0.39 is 0 Å². The maximum atomic E-state index is 9.85. The molecule has 3 aromatic heterocycles. The zero-order valence-electron chi connectivity index (χ0n) is 16.9. The van der Waals surface area contributed by atoms with Gasteiger partial charge in [-0.15, -0.1) is 0 Å². The predicted molar refractivity (Wildman–Crippen MR) is 114 cm³/mol. The van der Waals surface area contributed by atoms with Crippen LogP contribution in [-0.4, -0.2) is 45.2 Å². The summed E-state index contributed by atoms with van der Waals surface area (Å²) in [4.78, 5) is 6.96. The van der Waals surface area contributed by atoms with E-state index >= 15 is 0 Å². The molecular weight excluding hydrogens is 380 g/mol. The number of rotatable bonds is 5. The van der Waals surface area contributed by atoms with Gasteiger partial charge in [0, 0.05) is 24.3 Å². The van der Waals surface area contributed by atoms with Gasteiger partial charge in [-0.3, -0.25) is 4.90 Å². The van der Waals surface area contributed by atoms with E-state index in [4.69, 9.17) is 9.15 Å². The SMILES string of the molecule is CC1CCCN1CCOc1c(-c2cc3cccn3cn2)oc2ccccc2c1=NO. The lowest BCUT2D eigenvalue weighted by Gasteiger charge is -2.21. The Balaban J connectivity index is 1.59. The standard InChI is InChI=1S/C23H24N4O3/c1-16-6-4-10-26(16)12-13-29-23-21(25-28)18-8-2-3-9-20(18)30-22(23)19-14-17-7-5-11-27(17)15-24-19/h2-3,5,7-9,11,14-16,28H,4,6,10,12-13H2,1H3. The van der Waals surface area contributed by atoms with Crippen molar-refractivity contribution in [3.8, 4) is 17.2 Å². The molecule has 7 nitrogen and oxygen atoms in total. The molecule has 1 aliphatic heterocycles. The van der Waals surface area contributed by atoms with E-state index in [1.165, 1.54) is 12.8 Å². The van der Waals surface area contributed by atoms with Crippen LogP contribution in [0.25, 0.3) is 27.9 Å². The van der Waals surface area contributed by atoms with Crippen molar-refractivity contribution in [1.82, 2.24) is 14.3 Å². The molecule has 7 heteroatoms. The number of benzene rings is 1. The molecule has 5 rings (SSSR count). The topological polar surface area (TPSA) is 75.5 Å². The number of nitrogens with zero attached hydrogens (tertiary/aromatic N) is 4. The first-order chi connectivity index (χ1) is 14.7. The van der Waals surface area contributed by atoms with Gasteiger partial charge in [0.2, 0.25) is 0 Å². The molecule has 1 saturated heterocycles. The summed E-state index contributed by atoms with van der Waals surface area (Å²) in [6, 6.07) is 13.9. The second-order valence-corrected chi connectivity index (χ2v) is 7.70. The summed E-state index contributed by atoms with van der Waals surface area (Å²) >= 11 is 0. The maximum Gasteiger partial charge on any atom is 0.197 e. The Hall–Kier alpha value is -3.32. The Bertz CT molecular complexity index is 1260. The van der Waals surface area contributed by atoms with E-state index in [1.807, 2.05) is 53.1 Å². The Kier molecular flexibility index (Phi) is 4.88. The van der Waals surface area contributed by atoms with Gasteiger partial charge >= 0.3 is 0 Å². The van der Waals surface area contributed by atoms with Crippen LogP contribution in [-0.2, 0) is 0 Å². The molecule has 0 aliphatic carbocycles. The Labute approximate surface area is 173 Å². The molecule has 0 spiro atoms. The van der Waals surface area contributed by atoms with Crippen LogP contribution in [0.1, 0.15) is 19.8 Å². The fourth-order valence-electron chi connectivity index (χ4n) is 4.19. The van der Waals surface area contributed by atoms with Crippen molar-refractivity contribution in [1.29, 1.82) is 0 Å². The number of likely N-dealkylation sites (tertiary alicyclic amines) is 1. The first-order valence-electron chi connectivity index (χ1n) is 10.3. The number of aromatic nitrogens is 2. The van der Waals surface area contributed by atoms with Crippen LogP contribution in [0.2, 0.25) is 0 Å². The minimum Gasteiger partial charge on any atom is -0.486 e. The summed E-state index contributed by atoms with van der Waals surface area (Å²) in [5, 5.41) is 14.5. The van der Waals surface area contributed by atoms with Crippen LogP contribution in [0.4, 0.5) is 0 Å². The van der Waals surface area contributed by atoms with E-state index in [1.54, 1.807) is 6.33 Å². The number of fused-ring (bicyclic) bond motifs is 2. The Morgan fingerprint density at radius 3 is 3.00 bits per heavy atom. The molecule has 154 valence electrons. The second kappa shape index (κ2) is 7.84. The summed E-state index contributed by atoms with van der Waals surface area (Å²) in [7, 11) is 0. The molecule has 4 aromatic rings. The molecule has 0 bridgehead atoms. The molecule has 1 fully saturated rings. The fourth-order valence-corrected chi connectivity index (χ4v) is 4.19. The predicted octanol–water partition coefficient (Wildman–Crippen LogP) is 3.90. The third kappa shape index (κ3) is 3.31. The molecular formula is C23H24N4O3.